The summed E-state index contributed by atoms with van der Waals surface area (Å²) in [6.07, 6.45) is 5.40. The summed E-state index contributed by atoms with van der Waals surface area (Å²) < 4.78 is 29.9. The molecule has 0 aliphatic carbocycles. The van der Waals surface area contributed by atoms with E-state index >= 15 is 0 Å². The van der Waals surface area contributed by atoms with Gasteiger partial charge in [-0.1, -0.05) is 6.07 Å². The van der Waals surface area contributed by atoms with E-state index in [1.54, 1.807) is 6.92 Å². The highest BCUT2D eigenvalue weighted by molar-refractivity contribution is 5.25. The molecule has 0 fully saturated rings. The summed E-state index contributed by atoms with van der Waals surface area (Å²) in [7, 11) is 0. The van der Waals surface area contributed by atoms with Crippen LogP contribution in [-0.4, -0.2) is 46.3 Å². The molecule has 2 heterocycles. The smallest absolute Gasteiger partial charge is 0.137 e. The molecule has 0 bridgehead atoms. The highest BCUT2D eigenvalue weighted by Crippen LogP contribution is 2.28. The molecule has 0 aliphatic heterocycles. The molecule has 0 amide bonds. The van der Waals surface area contributed by atoms with Gasteiger partial charge in [0.25, 0.3) is 0 Å². The number of nitrogens with zero attached hydrogens (tertiary/aromatic N) is 6. The van der Waals surface area contributed by atoms with Crippen molar-refractivity contribution in [1.29, 1.82) is 0 Å². The van der Waals surface area contributed by atoms with Gasteiger partial charge in [-0.2, -0.15) is 10.2 Å². The largest absolute Gasteiger partial charge is 0.397 e. The van der Waals surface area contributed by atoms with Crippen LogP contribution in [0, 0.1) is 11.6 Å². The van der Waals surface area contributed by atoms with Gasteiger partial charge in [0.2, 0.25) is 0 Å². The number of halogens is 2. The van der Waals surface area contributed by atoms with Crippen LogP contribution in [0.15, 0.2) is 43.5 Å². The SMILES string of the molecule is CCO.OC(Cn1cncn1)(Cn1cncn1)c1ccc(F)cc1F. The van der Waals surface area contributed by atoms with Crippen LogP contribution >= 0.6 is 0 Å². The van der Waals surface area contributed by atoms with Crippen molar-refractivity contribution in [2.75, 3.05) is 6.61 Å². The summed E-state index contributed by atoms with van der Waals surface area (Å²) >= 11 is 0. The highest BCUT2D eigenvalue weighted by atomic mass is 19.1. The first-order valence-corrected chi connectivity index (χ1v) is 7.42. The maximum absolute atomic E-state index is 14.1. The Morgan fingerprint density at radius 1 is 1.04 bits per heavy atom. The monoisotopic (exact) mass is 352 g/mol. The van der Waals surface area contributed by atoms with E-state index in [2.05, 4.69) is 20.2 Å². The number of hydrogen-bond donors (Lipinski definition) is 2. The van der Waals surface area contributed by atoms with E-state index in [0.29, 0.717) is 0 Å². The van der Waals surface area contributed by atoms with Gasteiger partial charge in [0.1, 0.15) is 42.5 Å². The molecule has 2 aromatic heterocycles. The molecular formula is C15H18F2N6O2. The number of aromatic nitrogens is 6. The normalized spacial score (nSPS) is 11.1. The summed E-state index contributed by atoms with van der Waals surface area (Å²) in [5, 5.41) is 26.3. The molecule has 25 heavy (non-hydrogen) atoms. The average molecular weight is 352 g/mol. The van der Waals surface area contributed by atoms with Gasteiger partial charge in [0.15, 0.2) is 0 Å². The van der Waals surface area contributed by atoms with Gasteiger partial charge in [-0.05, 0) is 13.0 Å². The Hall–Kier alpha value is -2.72. The average Bonchev–Trinajstić information content (AvgIpc) is 3.21. The van der Waals surface area contributed by atoms with Crippen LogP contribution in [0.25, 0.3) is 0 Å². The minimum atomic E-state index is -1.70. The van der Waals surface area contributed by atoms with Crippen LogP contribution in [0.3, 0.4) is 0 Å². The molecule has 0 saturated heterocycles. The van der Waals surface area contributed by atoms with E-state index in [1.165, 1.54) is 40.7 Å². The molecule has 8 nitrogen and oxygen atoms in total. The van der Waals surface area contributed by atoms with Crippen LogP contribution < -0.4 is 0 Å². The lowest BCUT2D eigenvalue weighted by atomic mass is 9.93. The molecule has 134 valence electrons. The predicted molar refractivity (Wildman–Crippen MR) is 83.1 cm³/mol. The van der Waals surface area contributed by atoms with Gasteiger partial charge < -0.3 is 10.2 Å². The van der Waals surface area contributed by atoms with E-state index < -0.39 is 17.2 Å². The Kier molecular flexibility index (Phi) is 6.25. The quantitative estimate of drug-likeness (QED) is 0.702. The van der Waals surface area contributed by atoms with Gasteiger partial charge in [-0.25, -0.2) is 28.1 Å². The van der Waals surface area contributed by atoms with Crippen molar-refractivity contribution in [3.63, 3.8) is 0 Å². The van der Waals surface area contributed by atoms with Gasteiger partial charge in [0, 0.05) is 18.2 Å². The molecule has 0 radical (unpaired) electrons. The molecule has 0 aliphatic rings. The van der Waals surface area contributed by atoms with Gasteiger partial charge in [-0.3, -0.25) is 0 Å². The Morgan fingerprint density at radius 2 is 1.56 bits per heavy atom. The van der Waals surface area contributed by atoms with Gasteiger partial charge in [0.05, 0.1) is 13.1 Å². The third-order valence-electron chi connectivity index (χ3n) is 3.21. The van der Waals surface area contributed by atoms with Crippen molar-refractivity contribution in [2.45, 2.75) is 25.6 Å². The van der Waals surface area contributed by atoms with Crippen LogP contribution in [0.4, 0.5) is 8.78 Å². The van der Waals surface area contributed by atoms with Crippen LogP contribution in [0.5, 0.6) is 0 Å². The molecular weight excluding hydrogens is 334 g/mol. The van der Waals surface area contributed by atoms with Crippen LogP contribution in [0.1, 0.15) is 12.5 Å². The maximum Gasteiger partial charge on any atom is 0.137 e. The van der Waals surface area contributed by atoms with Crippen molar-refractivity contribution in [3.8, 4) is 0 Å². The Balaban J connectivity index is 0.000000701. The van der Waals surface area contributed by atoms with Gasteiger partial charge >= 0.3 is 0 Å². The first-order chi connectivity index (χ1) is 12.0. The summed E-state index contributed by atoms with van der Waals surface area (Å²) in [5.41, 5.74) is -1.75. The van der Waals surface area contributed by atoms with Gasteiger partial charge in [-0.15, -0.1) is 0 Å². The fourth-order valence-electron chi connectivity index (χ4n) is 2.25. The molecule has 10 heteroatoms. The lowest BCUT2D eigenvalue weighted by molar-refractivity contribution is -0.00855. The highest BCUT2D eigenvalue weighted by Gasteiger charge is 2.34. The number of rotatable bonds is 5. The summed E-state index contributed by atoms with van der Waals surface area (Å²) in [6, 6.07) is 3.02. The van der Waals surface area contributed by atoms with E-state index in [0.717, 1.165) is 12.1 Å². The topological polar surface area (TPSA) is 102 Å². The molecule has 0 atom stereocenters. The molecule has 2 N–H and O–H groups in total. The fourth-order valence-corrected chi connectivity index (χ4v) is 2.25. The van der Waals surface area contributed by atoms with Crippen molar-refractivity contribution < 1.29 is 19.0 Å². The second-order valence-corrected chi connectivity index (χ2v) is 5.16. The zero-order chi connectivity index (χ0) is 18.3. The van der Waals surface area contributed by atoms with E-state index in [-0.39, 0.29) is 25.3 Å². The van der Waals surface area contributed by atoms with Crippen molar-refractivity contribution in [3.05, 3.63) is 60.7 Å². The Morgan fingerprint density at radius 3 is 1.96 bits per heavy atom. The first-order valence-electron chi connectivity index (χ1n) is 7.42. The Bertz CT molecular complexity index is 728. The van der Waals surface area contributed by atoms with Crippen LogP contribution in [-0.2, 0) is 18.7 Å². The summed E-state index contributed by atoms with van der Waals surface area (Å²) in [4.78, 5) is 7.57. The minimum Gasteiger partial charge on any atom is -0.397 e. The number of benzene rings is 1. The Labute approximate surface area is 142 Å². The zero-order valence-electron chi connectivity index (χ0n) is 13.5. The van der Waals surface area contributed by atoms with E-state index in [1.807, 2.05) is 0 Å². The lowest BCUT2D eigenvalue weighted by Crippen LogP contribution is -2.37. The molecule has 0 spiro atoms. The number of aliphatic hydroxyl groups is 2. The van der Waals surface area contributed by atoms with Crippen LogP contribution in [0.2, 0.25) is 0 Å². The fraction of sp³-hybridized carbons (Fsp3) is 0.333. The van der Waals surface area contributed by atoms with E-state index in [9.17, 15) is 13.9 Å². The second-order valence-electron chi connectivity index (χ2n) is 5.16. The zero-order valence-corrected chi connectivity index (χ0v) is 13.5. The number of hydrogen-bond acceptors (Lipinski definition) is 6. The number of aliphatic hydroxyl groups excluding tert-OH is 1. The third-order valence-corrected chi connectivity index (χ3v) is 3.21. The van der Waals surface area contributed by atoms with Crippen molar-refractivity contribution in [1.82, 2.24) is 29.5 Å². The van der Waals surface area contributed by atoms with Crippen molar-refractivity contribution in [2.24, 2.45) is 0 Å². The molecule has 3 rings (SSSR count). The third kappa shape index (κ3) is 4.88. The second kappa shape index (κ2) is 8.40. The van der Waals surface area contributed by atoms with Crippen molar-refractivity contribution >= 4 is 0 Å². The standard InChI is InChI=1S/C13H12F2N6O.C2H6O/c14-10-1-2-11(12(15)3-10)13(22,4-20-8-16-6-18-20)5-21-9-17-7-19-21;1-2-3/h1-3,6-9,22H,4-5H2;3H,2H2,1H3. The molecule has 1 aromatic carbocycles. The minimum absolute atomic E-state index is 0.0556. The van der Waals surface area contributed by atoms with E-state index in [4.69, 9.17) is 5.11 Å². The maximum atomic E-state index is 14.1. The molecule has 0 unspecified atom stereocenters. The molecule has 3 aromatic rings. The first kappa shape index (κ1) is 18.6. The summed E-state index contributed by atoms with van der Waals surface area (Å²) in [6.45, 7) is 1.78. The lowest BCUT2D eigenvalue weighted by Gasteiger charge is -2.28. The predicted octanol–water partition coefficient (Wildman–Crippen LogP) is 0.734. The summed E-state index contributed by atoms with van der Waals surface area (Å²) in [5.74, 6) is -1.56. The molecule has 0 saturated carbocycles.